The summed E-state index contributed by atoms with van der Waals surface area (Å²) in [6.07, 6.45) is 0. The van der Waals surface area contributed by atoms with Crippen molar-refractivity contribution in [1.82, 2.24) is 0 Å². The van der Waals surface area contributed by atoms with Gasteiger partial charge in [0.05, 0.1) is 5.56 Å². The van der Waals surface area contributed by atoms with Crippen LogP contribution in [0.4, 0.5) is 0 Å². The quantitative estimate of drug-likeness (QED) is 0.763. The number of carboxylic acid groups (broad SMARTS) is 1. The van der Waals surface area contributed by atoms with Gasteiger partial charge in [0.1, 0.15) is 0 Å². The third-order valence-corrected chi connectivity index (χ3v) is 2.02. The number of rotatable bonds is 1. The summed E-state index contributed by atoms with van der Waals surface area (Å²) in [6, 6.07) is 12.7. The summed E-state index contributed by atoms with van der Waals surface area (Å²) in [5, 5.41) is 10.6. The molecule has 2 rings (SSSR count). The van der Waals surface area contributed by atoms with E-state index in [0.717, 1.165) is 10.8 Å². The van der Waals surface area contributed by atoms with Crippen molar-refractivity contribution in [3.05, 3.63) is 48.0 Å². The van der Waals surface area contributed by atoms with E-state index < -0.39 is 5.97 Å². The van der Waals surface area contributed by atoms with E-state index in [0.29, 0.717) is 5.56 Å². The van der Waals surface area contributed by atoms with Crippen LogP contribution in [0, 0.1) is 0 Å². The van der Waals surface area contributed by atoms with Crippen LogP contribution in [-0.4, -0.2) is 38.4 Å². The van der Waals surface area contributed by atoms with Crippen LogP contribution in [0.2, 0.25) is 0 Å². The fourth-order valence-corrected chi connectivity index (χ4v) is 1.41. The van der Waals surface area contributed by atoms with E-state index in [1.165, 1.54) is 0 Å². The monoisotopic (exact) mass is 382 g/mol. The molecule has 0 spiro atoms. The fraction of sp³-hybridized carbons (Fsp3) is 0. The second-order valence-corrected chi connectivity index (χ2v) is 2.83. The Bertz CT molecular complexity index is 460. The molecule has 2 aromatic rings. The van der Waals surface area contributed by atoms with Crippen molar-refractivity contribution in [2.24, 2.45) is 0 Å². The van der Waals surface area contributed by atoms with Crippen LogP contribution in [0.15, 0.2) is 42.5 Å². The van der Waals surface area contributed by atoms with Crippen LogP contribution in [0.25, 0.3) is 10.8 Å². The predicted octanol–water partition coefficient (Wildman–Crippen LogP) is 1.62. The molecule has 0 aliphatic rings. The average Bonchev–Trinajstić information content (AvgIpc) is 2.17. The van der Waals surface area contributed by atoms with E-state index in [4.69, 9.17) is 5.11 Å². The Morgan fingerprint density at radius 2 is 1.64 bits per heavy atom. The van der Waals surface area contributed by atoms with Gasteiger partial charge >= 0.3 is 33.3 Å². The Balaban J connectivity index is 0.000000980. The first-order valence-electron chi connectivity index (χ1n) is 4.00. The zero-order valence-electron chi connectivity index (χ0n) is 7.60. The molecule has 14 heavy (non-hydrogen) atoms. The molecule has 0 atom stereocenters. The fourth-order valence-electron chi connectivity index (χ4n) is 1.41. The maximum absolute atomic E-state index is 10.8. The summed E-state index contributed by atoms with van der Waals surface area (Å²) in [7, 11) is 0. The Morgan fingerprint density at radius 3 is 2.36 bits per heavy atom. The zero-order valence-corrected chi connectivity index (χ0v) is 13.1. The number of fused-ring (bicyclic) bond motifs is 1. The molecule has 0 unspecified atom stereocenters. The molecule has 0 heterocycles. The molecule has 0 aromatic heterocycles. The Kier molecular flexibility index (Phi) is 3.63. The molecule has 0 amide bonds. The Labute approximate surface area is 102 Å². The third kappa shape index (κ3) is 1.95. The summed E-state index contributed by atoms with van der Waals surface area (Å²) in [6.45, 7) is 0. The number of carbonyl (C=O) groups is 1. The summed E-state index contributed by atoms with van der Waals surface area (Å²) in [4.78, 5) is 10.8. The van der Waals surface area contributed by atoms with E-state index in [2.05, 4.69) is 0 Å². The minimum absolute atomic E-state index is 0. The molecule has 0 saturated heterocycles. The van der Waals surface area contributed by atoms with E-state index >= 15 is 0 Å². The molecule has 0 aliphatic carbocycles. The molecule has 2 nitrogen and oxygen atoms in total. The molecule has 0 aliphatic heterocycles. The number of hydrogen-bond donors (Lipinski definition) is 1. The second-order valence-electron chi connectivity index (χ2n) is 2.83. The van der Waals surface area contributed by atoms with Crippen LogP contribution in [0.1, 0.15) is 10.4 Å². The van der Waals surface area contributed by atoms with Crippen LogP contribution in [-0.2, 0) is 0 Å². The third-order valence-electron chi connectivity index (χ3n) is 2.02. The number of carboxylic acids is 1. The SMILES string of the molecule is O=C(O)c1cccc2ccccc12.[PbH2]. The van der Waals surface area contributed by atoms with Crippen LogP contribution in [0.5, 0.6) is 0 Å². The maximum atomic E-state index is 10.8. The van der Waals surface area contributed by atoms with Crippen molar-refractivity contribution >= 4 is 44.0 Å². The topological polar surface area (TPSA) is 37.3 Å². The first-order valence-corrected chi connectivity index (χ1v) is 4.00. The molecule has 3 heteroatoms. The van der Waals surface area contributed by atoms with Gasteiger partial charge in [-0.15, -0.1) is 0 Å². The van der Waals surface area contributed by atoms with E-state index in [1.807, 2.05) is 30.3 Å². The van der Waals surface area contributed by atoms with Gasteiger partial charge in [0.2, 0.25) is 0 Å². The Hall–Kier alpha value is -0.908. The number of hydrogen-bond acceptors (Lipinski definition) is 1. The van der Waals surface area contributed by atoms with E-state index in [1.54, 1.807) is 12.1 Å². The molecule has 0 bridgehead atoms. The van der Waals surface area contributed by atoms with E-state index in [9.17, 15) is 4.79 Å². The summed E-state index contributed by atoms with van der Waals surface area (Å²) in [5.74, 6) is -0.878. The molecule has 1 N–H and O–H groups in total. The van der Waals surface area contributed by atoms with Gasteiger partial charge in [-0.1, -0.05) is 36.4 Å². The normalized spacial score (nSPS) is 9.43. The average molecular weight is 381 g/mol. The molecular formula is C11H10O2Pb. The molecular weight excluding hydrogens is 371 g/mol. The number of aromatic carboxylic acids is 1. The molecule has 2 aromatic carbocycles. The molecule has 0 fully saturated rings. The van der Waals surface area contributed by atoms with Crippen LogP contribution < -0.4 is 0 Å². The van der Waals surface area contributed by atoms with Crippen LogP contribution >= 0.6 is 0 Å². The minimum atomic E-state index is -0.878. The van der Waals surface area contributed by atoms with Gasteiger partial charge in [-0.05, 0) is 16.8 Å². The van der Waals surface area contributed by atoms with Crippen molar-refractivity contribution in [1.29, 1.82) is 0 Å². The van der Waals surface area contributed by atoms with Crippen molar-refractivity contribution in [2.45, 2.75) is 0 Å². The summed E-state index contributed by atoms with van der Waals surface area (Å²) < 4.78 is 0. The van der Waals surface area contributed by atoms with Crippen molar-refractivity contribution in [2.75, 3.05) is 0 Å². The molecule has 0 saturated carbocycles. The van der Waals surface area contributed by atoms with Gasteiger partial charge in [0.25, 0.3) is 0 Å². The van der Waals surface area contributed by atoms with E-state index in [-0.39, 0.29) is 27.3 Å². The standard InChI is InChI=1S/C11H8O2.Pb.2H/c12-11(13)10-7-3-5-8-4-1-2-6-9(8)10;;;/h1-7H,(H,12,13);;;. The van der Waals surface area contributed by atoms with Gasteiger partial charge in [0.15, 0.2) is 0 Å². The number of benzene rings is 2. The Morgan fingerprint density at radius 1 is 1.00 bits per heavy atom. The second kappa shape index (κ2) is 4.55. The summed E-state index contributed by atoms with van der Waals surface area (Å²) >= 11 is 0. The molecule has 70 valence electrons. The zero-order chi connectivity index (χ0) is 9.26. The van der Waals surface area contributed by atoms with Gasteiger partial charge in [-0.25, -0.2) is 4.79 Å². The first-order chi connectivity index (χ1) is 6.29. The van der Waals surface area contributed by atoms with Crippen molar-refractivity contribution in [3.63, 3.8) is 0 Å². The molecule has 2 radical (unpaired) electrons. The van der Waals surface area contributed by atoms with Crippen molar-refractivity contribution < 1.29 is 9.90 Å². The van der Waals surface area contributed by atoms with Gasteiger partial charge in [-0.3, -0.25) is 0 Å². The van der Waals surface area contributed by atoms with Crippen molar-refractivity contribution in [3.8, 4) is 0 Å². The van der Waals surface area contributed by atoms with Gasteiger partial charge in [0, 0.05) is 0 Å². The van der Waals surface area contributed by atoms with Gasteiger partial charge < -0.3 is 5.11 Å². The van der Waals surface area contributed by atoms with Crippen LogP contribution in [0.3, 0.4) is 0 Å². The first kappa shape index (κ1) is 11.2. The predicted molar refractivity (Wildman–Crippen MR) is 59.5 cm³/mol. The summed E-state index contributed by atoms with van der Waals surface area (Å²) in [5.41, 5.74) is 0.359. The van der Waals surface area contributed by atoms with Gasteiger partial charge in [-0.2, -0.15) is 0 Å².